The lowest BCUT2D eigenvalue weighted by molar-refractivity contribution is -0.161. The van der Waals surface area contributed by atoms with E-state index in [4.69, 9.17) is 37.0 Å². The van der Waals surface area contributed by atoms with Gasteiger partial charge in [-0.3, -0.25) is 37.3 Å². The van der Waals surface area contributed by atoms with E-state index in [-0.39, 0.29) is 25.7 Å². The van der Waals surface area contributed by atoms with Crippen molar-refractivity contribution in [3.63, 3.8) is 0 Å². The van der Waals surface area contributed by atoms with Crippen LogP contribution >= 0.6 is 15.6 Å². The fraction of sp³-hybridized carbons (Fsp3) is 0.944. The zero-order chi connectivity index (χ0) is 67.3. The van der Waals surface area contributed by atoms with Crippen LogP contribution in [0.3, 0.4) is 0 Å². The number of carbonyl (C=O) groups is 4. The summed E-state index contributed by atoms with van der Waals surface area (Å²) < 4.78 is 68.4. The molecule has 91 heavy (non-hydrogen) atoms. The first-order valence-corrected chi connectivity index (χ1v) is 40.4. The third-order valence-corrected chi connectivity index (χ3v) is 18.9. The van der Waals surface area contributed by atoms with Gasteiger partial charge in [0.05, 0.1) is 26.4 Å². The maximum absolute atomic E-state index is 13.0. The van der Waals surface area contributed by atoms with Gasteiger partial charge in [-0.05, 0) is 43.4 Å². The molecular weight excluding hydrogens is 1200 g/mol. The predicted octanol–water partition coefficient (Wildman–Crippen LogP) is 20.6. The number of aliphatic hydroxyl groups is 1. The summed E-state index contributed by atoms with van der Waals surface area (Å²) in [5.41, 5.74) is 0. The Kier molecular flexibility index (Phi) is 61.5. The topological polar surface area (TPSA) is 237 Å². The molecule has 6 atom stereocenters. The molecule has 0 fully saturated rings. The Morgan fingerprint density at radius 3 is 0.835 bits per heavy atom. The highest BCUT2D eigenvalue weighted by molar-refractivity contribution is 7.47. The standard InChI is InChI=1S/C72H140O17P2/c1-8-10-11-12-13-14-15-25-32-39-46-53-69(74)82-59-67(88-71(76)55-48-41-34-27-20-17-23-30-37-44-51-64(5)6)61-86-90(78,79)84-57-66(73)58-85-91(80,81)87-62-68(60-83-70(75)54-47-40-33-26-19-16-22-29-36-43-50-63(3)4)89-72(77)56-49-42-35-28-21-18-24-31-38-45-52-65(7)9-2/h63-68,73H,8-62H2,1-7H3,(H,78,79)(H,80,81)/t65?,66-,67+,68+/m0/s1. The SMILES string of the molecule is CCCCCCCCCCCCCC(=O)OC[C@H](COP(=O)(O)OC[C@H](O)COP(=O)(O)OC[C@@H](COC(=O)CCCCCCCCCCCCC(C)C)OC(=O)CCCCCCCCCCCCC(C)CC)OC(=O)CCCCCCCCCCCCC(C)C. The van der Waals surface area contributed by atoms with E-state index in [1.807, 2.05) is 0 Å². The van der Waals surface area contributed by atoms with E-state index in [0.717, 1.165) is 108 Å². The van der Waals surface area contributed by atoms with Gasteiger partial charge >= 0.3 is 39.5 Å². The van der Waals surface area contributed by atoms with E-state index in [1.54, 1.807) is 0 Å². The van der Waals surface area contributed by atoms with Gasteiger partial charge in [-0.2, -0.15) is 0 Å². The third kappa shape index (κ3) is 65.1. The van der Waals surface area contributed by atoms with Gasteiger partial charge in [0.15, 0.2) is 12.2 Å². The minimum atomic E-state index is -4.95. The number of hydrogen-bond acceptors (Lipinski definition) is 15. The van der Waals surface area contributed by atoms with Gasteiger partial charge in [0, 0.05) is 25.7 Å². The molecule has 0 saturated carbocycles. The number of carbonyl (C=O) groups excluding carboxylic acids is 4. The maximum Gasteiger partial charge on any atom is 0.472 e. The first-order chi connectivity index (χ1) is 43.8. The van der Waals surface area contributed by atoms with Crippen LogP contribution in [0.25, 0.3) is 0 Å². The number of phosphoric acid groups is 2. The van der Waals surface area contributed by atoms with Crippen molar-refractivity contribution in [1.29, 1.82) is 0 Å². The van der Waals surface area contributed by atoms with E-state index in [0.29, 0.717) is 25.7 Å². The number of hydrogen-bond donors (Lipinski definition) is 3. The van der Waals surface area contributed by atoms with Crippen LogP contribution in [0.5, 0.6) is 0 Å². The minimum absolute atomic E-state index is 0.106. The normalized spacial score (nSPS) is 14.5. The van der Waals surface area contributed by atoms with Gasteiger partial charge in [-0.15, -0.1) is 0 Å². The number of ether oxygens (including phenoxy) is 4. The Hall–Kier alpha value is -1.94. The van der Waals surface area contributed by atoms with Crippen molar-refractivity contribution in [3.05, 3.63) is 0 Å². The highest BCUT2D eigenvalue weighted by Crippen LogP contribution is 2.45. The van der Waals surface area contributed by atoms with E-state index < -0.39 is 97.5 Å². The summed E-state index contributed by atoms with van der Waals surface area (Å²) in [6, 6.07) is 0. The van der Waals surface area contributed by atoms with Crippen LogP contribution in [0.4, 0.5) is 0 Å². The summed E-state index contributed by atoms with van der Waals surface area (Å²) in [5.74, 6) is 0.191. The maximum atomic E-state index is 13.0. The van der Waals surface area contributed by atoms with E-state index in [9.17, 15) is 43.2 Å². The van der Waals surface area contributed by atoms with Gasteiger partial charge in [0.1, 0.15) is 19.3 Å². The van der Waals surface area contributed by atoms with Gasteiger partial charge < -0.3 is 33.8 Å². The molecular formula is C72H140O17P2. The summed E-state index contributed by atoms with van der Waals surface area (Å²) in [7, 11) is -9.91. The van der Waals surface area contributed by atoms with Crippen molar-refractivity contribution < 1.29 is 80.2 Å². The minimum Gasteiger partial charge on any atom is -0.462 e. The van der Waals surface area contributed by atoms with Gasteiger partial charge in [0.25, 0.3) is 0 Å². The Labute approximate surface area is 556 Å². The fourth-order valence-electron chi connectivity index (χ4n) is 10.9. The lowest BCUT2D eigenvalue weighted by Gasteiger charge is -2.21. The number of rotatable bonds is 70. The molecule has 0 saturated heterocycles. The molecule has 0 aromatic carbocycles. The molecule has 0 spiro atoms. The molecule has 0 aliphatic rings. The van der Waals surface area contributed by atoms with Gasteiger partial charge in [0.2, 0.25) is 0 Å². The van der Waals surface area contributed by atoms with Crippen LogP contribution in [0.2, 0.25) is 0 Å². The predicted molar refractivity (Wildman–Crippen MR) is 368 cm³/mol. The highest BCUT2D eigenvalue weighted by Gasteiger charge is 2.30. The Bertz CT molecular complexity index is 1790. The first-order valence-electron chi connectivity index (χ1n) is 37.4. The molecule has 0 aromatic heterocycles. The van der Waals surface area contributed by atoms with Crippen LogP contribution in [-0.2, 0) is 65.4 Å². The van der Waals surface area contributed by atoms with Gasteiger partial charge in [-0.25, -0.2) is 9.13 Å². The van der Waals surface area contributed by atoms with Crippen molar-refractivity contribution in [2.24, 2.45) is 17.8 Å². The smallest absolute Gasteiger partial charge is 0.462 e. The monoisotopic (exact) mass is 1340 g/mol. The second-order valence-electron chi connectivity index (χ2n) is 27.2. The fourth-order valence-corrected chi connectivity index (χ4v) is 12.4. The van der Waals surface area contributed by atoms with Crippen molar-refractivity contribution >= 4 is 39.5 Å². The quantitative estimate of drug-likeness (QED) is 0.0222. The number of esters is 4. The largest absolute Gasteiger partial charge is 0.472 e. The average Bonchev–Trinajstić information content (AvgIpc) is 2.59. The van der Waals surface area contributed by atoms with E-state index in [1.165, 1.54) is 173 Å². The average molecular weight is 1340 g/mol. The molecule has 3 unspecified atom stereocenters. The van der Waals surface area contributed by atoms with E-state index in [2.05, 4.69) is 48.5 Å². The van der Waals surface area contributed by atoms with Crippen LogP contribution in [0.15, 0.2) is 0 Å². The molecule has 19 heteroatoms. The summed E-state index contributed by atoms with van der Waals surface area (Å²) in [4.78, 5) is 72.7. The molecule has 0 heterocycles. The molecule has 0 radical (unpaired) electrons. The molecule has 0 amide bonds. The molecule has 540 valence electrons. The van der Waals surface area contributed by atoms with Crippen LogP contribution in [0.1, 0.15) is 363 Å². The summed E-state index contributed by atoms with van der Waals surface area (Å²) >= 11 is 0. The molecule has 0 aliphatic carbocycles. The molecule has 0 rings (SSSR count). The van der Waals surface area contributed by atoms with Crippen molar-refractivity contribution in [3.8, 4) is 0 Å². The molecule has 0 aromatic rings. The Morgan fingerprint density at radius 2 is 0.560 bits per heavy atom. The zero-order valence-electron chi connectivity index (χ0n) is 59.3. The van der Waals surface area contributed by atoms with Crippen molar-refractivity contribution in [2.45, 2.75) is 381 Å². The summed E-state index contributed by atoms with van der Waals surface area (Å²) in [5, 5.41) is 10.6. The molecule has 0 bridgehead atoms. The summed E-state index contributed by atoms with van der Waals surface area (Å²) in [6.45, 7) is 11.9. The lowest BCUT2D eigenvalue weighted by atomic mass is 9.99. The number of unbranched alkanes of at least 4 members (excludes halogenated alkanes) is 37. The van der Waals surface area contributed by atoms with Crippen LogP contribution in [-0.4, -0.2) is 96.7 Å². The molecule has 0 aliphatic heterocycles. The first kappa shape index (κ1) is 89.1. The Morgan fingerprint density at radius 1 is 0.319 bits per heavy atom. The second kappa shape index (κ2) is 62.8. The van der Waals surface area contributed by atoms with Crippen molar-refractivity contribution in [1.82, 2.24) is 0 Å². The van der Waals surface area contributed by atoms with E-state index >= 15 is 0 Å². The van der Waals surface area contributed by atoms with Crippen molar-refractivity contribution in [2.75, 3.05) is 39.6 Å². The number of phosphoric ester groups is 2. The molecule has 3 N–H and O–H groups in total. The van der Waals surface area contributed by atoms with Gasteiger partial charge in [-0.1, -0.05) is 312 Å². The van der Waals surface area contributed by atoms with Crippen LogP contribution < -0.4 is 0 Å². The lowest BCUT2D eigenvalue weighted by Crippen LogP contribution is -2.30. The Balaban J connectivity index is 5.27. The van der Waals surface area contributed by atoms with Crippen LogP contribution in [0, 0.1) is 17.8 Å². The number of aliphatic hydroxyl groups excluding tert-OH is 1. The summed E-state index contributed by atoms with van der Waals surface area (Å²) in [6.07, 6.45) is 47.0. The highest BCUT2D eigenvalue weighted by atomic mass is 31.2. The molecule has 17 nitrogen and oxygen atoms in total. The second-order valence-corrected chi connectivity index (χ2v) is 30.1. The zero-order valence-corrected chi connectivity index (χ0v) is 61.1. The third-order valence-electron chi connectivity index (χ3n) is 17.0.